The molecule has 0 fully saturated rings. The van der Waals surface area contributed by atoms with Crippen LogP contribution in [0, 0.1) is 6.92 Å². The van der Waals surface area contributed by atoms with Gasteiger partial charge in [0.05, 0.1) is 0 Å². The van der Waals surface area contributed by atoms with Crippen molar-refractivity contribution < 1.29 is 0 Å². The van der Waals surface area contributed by atoms with Crippen molar-refractivity contribution in [1.29, 1.82) is 0 Å². The number of anilines is 3. The second-order valence-corrected chi connectivity index (χ2v) is 5.60. The van der Waals surface area contributed by atoms with Gasteiger partial charge in [0.2, 0.25) is 5.95 Å². The maximum Gasteiger partial charge on any atom is 0.224 e. The zero-order chi connectivity index (χ0) is 16.8. The number of aromatic nitrogens is 2. The summed E-state index contributed by atoms with van der Waals surface area (Å²) in [6.45, 7) is 5.80. The highest BCUT2D eigenvalue weighted by Gasteiger charge is 2.09. The van der Waals surface area contributed by atoms with Gasteiger partial charge in [-0.15, -0.1) is 0 Å². The first kappa shape index (κ1) is 16.0. The Bertz CT molecular complexity index is 786. The molecule has 3 aromatic rings. The number of para-hydroxylation sites is 1. The predicted molar refractivity (Wildman–Crippen MR) is 99.7 cm³/mol. The lowest BCUT2D eigenvalue weighted by Gasteiger charge is -2.22. The summed E-state index contributed by atoms with van der Waals surface area (Å²) in [5.41, 5.74) is 3.64. The molecule has 0 radical (unpaired) electrons. The molecule has 0 bridgehead atoms. The second kappa shape index (κ2) is 7.59. The first-order chi connectivity index (χ1) is 11.8. The first-order valence-corrected chi connectivity index (χ1v) is 8.22. The van der Waals surface area contributed by atoms with Gasteiger partial charge in [0, 0.05) is 25.0 Å². The topological polar surface area (TPSA) is 41.1 Å². The molecule has 0 amide bonds. The van der Waals surface area contributed by atoms with Gasteiger partial charge in [-0.3, -0.25) is 0 Å². The summed E-state index contributed by atoms with van der Waals surface area (Å²) in [7, 11) is 0. The molecule has 1 aromatic heterocycles. The van der Waals surface area contributed by atoms with Gasteiger partial charge < -0.3 is 10.2 Å². The Morgan fingerprint density at radius 2 is 1.71 bits per heavy atom. The summed E-state index contributed by atoms with van der Waals surface area (Å²) in [6.07, 6.45) is 1.80. The third-order valence-corrected chi connectivity index (χ3v) is 4.00. The summed E-state index contributed by atoms with van der Waals surface area (Å²) >= 11 is 0. The fraction of sp³-hybridized carbons (Fsp3) is 0.200. The fourth-order valence-corrected chi connectivity index (χ4v) is 2.65. The van der Waals surface area contributed by atoms with Crippen LogP contribution in [0.3, 0.4) is 0 Å². The SMILES string of the molecule is CCN(c1ccccc1)c1ccnc(NCc2ccccc2C)n1. The standard InChI is InChI=1S/C20H22N4/c1-3-24(18-11-5-4-6-12-18)19-13-14-21-20(23-19)22-15-17-10-8-7-9-16(17)2/h4-14H,3,15H2,1-2H3,(H,21,22,23). The van der Waals surface area contributed by atoms with Crippen molar-refractivity contribution >= 4 is 17.5 Å². The summed E-state index contributed by atoms with van der Waals surface area (Å²) in [6, 6.07) is 20.6. The van der Waals surface area contributed by atoms with E-state index in [1.165, 1.54) is 11.1 Å². The van der Waals surface area contributed by atoms with E-state index in [1.807, 2.05) is 24.3 Å². The van der Waals surface area contributed by atoms with Gasteiger partial charge in [0.1, 0.15) is 5.82 Å². The minimum Gasteiger partial charge on any atom is -0.350 e. The van der Waals surface area contributed by atoms with Crippen LogP contribution in [0.25, 0.3) is 0 Å². The van der Waals surface area contributed by atoms with Gasteiger partial charge in [-0.1, -0.05) is 42.5 Å². The number of hydrogen-bond acceptors (Lipinski definition) is 4. The Morgan fingerprint density at radius 1 is 0.958 bits per heavy atom. The molecule has 0 aliphatic carbocycles. The summed E-state index contributed by atoms with van der Waals surface area (Å²) in [4.78, 5) is 11.2. The molecule has 0 atom stereocenters. The molecular weight excluding hydrogens is 296 g/mol. The second-order valence-electron chi connectivity index (χ2n) is 5.60. The lowest BCUT2D eigenvalue weighted by molar-refractivity contribution is 0.965. The summed E-state index contributed by atoms with van der Waals surface area (Å²) < 4.78 is 0. The van der Waals surface area contributed by atoms with Crippen molar-refractivity contribution in [3.05, 3.63) is 78.0 Å². The quantitative estimate of drug-likeness (QED) is 0.723. The largest absolute Gasteiger partial charge is 0.350 e. The van der Waals surface area contributed by atoms with E-state index in [0.29, 0.717) is 12.5 Å². The molecule has 0 unspecified atom stereocenters. The number of nitrogens with one attached hydrogen (secondary N) is 1. The number of aryl methyl sites for hydroxylation is 1. The van der Waals surface area contributed by atoms with Gasteiger partial charge >= 0.3 is 0 Å². The predicted octanol–water partition coefficient (Wildman–Crippen LogP) is 4.56. The van der Waals surface area contributed by atoms with Crippen LogP contribution in [0.2, 0.25) is 0 Å². The molecule has 1 heterocycles. The third-order valence-electron chi connectivity index (χ3n) is 4.00. The fourth-order valence-electron chi connectivity index (χ4n) is 2.65. The molecule has 0 aliphatic rings. The Kier molecular flexibility index (Phi) is 5.06. The number of benzene rings is 2. The van der Waals surface area contributed by atoms with Crippen LogP contribution in [0.5, 0.6) is 0 Å². The van der Waals surface area contributed by atoms with E-state index in [4.69, 9.17) is 0 Å². The minimum atomic E-state index is 0.644. The highest BCUT2D eigenvalue weighted by atomic mass is 15.2. The molecule has 3 rings (SSSR count). The molecule has 24 heavy (non-hydrogen) atoms. The summed E-state index contributed by atoms with van der Waals surface area (Å²) in [5, 5.41) is 3.32. The molecule has 0 saturated carbocycles. The van der Waals surface area contributed by atoms with Crippen molar-refractivity contribution in [1.82, 2.24) is 9.97 Å². The van der Waals surface area contributed by atoms with E-state index < -0.39 is 0 Å². The van der Waals surface area contributed by atoms with E-state index in [0.717, 1.165) is 18.1 Å². The Labute approximate surface area is 143 Å². The number of rotatable bonds is 6. The van der Waals surface area contributed by atoms with Crippen LogP contribution < -0.4 is 10.2 Å². The lowest BCUT2D eigenvalue weighted by Crippen LogP contribution is -2.18. The molecular formula is C20H22N4. The summed E-state index contributed by atoms with van der Waals surface area (Å²) in [5.74, 6) is 1.54. The van der Waals surface area contributed by atoms with Crippen LogP contribution in [0.4, 0.5) is 17.5 Å². The molecule has 0 spiro atoms. The maximum atomic E-state index is 4.67. The average molecular weight is 318 g/mol. The lowest BCUT2D eigenvalue weighted by atomic mass is 10.1. The van der Waals surface area contributed by atoms with Crippen LogP contribution >= 0.6 is 0 Å². The van der Waals surface area contributed by atoms with E-state index in [2.05, 4.69) is 70.4 Å². The van der Waals surface area contributed by atoms with Crippen LogP contribution in [0.15, 0.2) is 66.9 Å². The molecule has 0 aliphatic heterocycles. The number of nitrogens with zero attached hydrogens (tertiary/aromatic N) is 3. The molecule has 1 N–H and O–H groups in total. The van der Waals surface area contributed by atoms with E-state index in [1.54, 1.807) is 6.20 Å². The minimum absolute atomic E-state index is 0.644. The normalized spacial score (nSPS) is 10.4. The molecule has 122 valence electrons. The molecule has 0 saturated heterocycles. The monoisotopic (exact) mass is 318 g/mol. The number of hydrogen-bond donors (Lipinski definition) is 1. The van der Waals surface area contributed by atoms with Crippen molar-refractivity contribution in [3.8, 4) is 0 Å². The van der Waals surface area contributed by atoms with Gasteiger partial charge in [-0.05, 0) is 43.2 Å². The van der Waals surface area contributed by atoms with Crippen molar-refractivity contribution in [3.63, 3.8) is 0 Å². The maximum absolute atomic E-state index is 4.67. The molecule has 2 aromatic carbocycles. The highest BCUT2D eigenvalue weighted by molar-refractivity contribution is 5.60. The van der Waals surface area contributed by atoms with E-state index in [-0.39, 0.29) is 0 Å². The Morgan fingerprint density at radius 3 is 2.46 bits per heavy atom. The highest BCUT2D eigenvalue weighted by Crippen LogP contribution is 2.23. The average Bonchev–Trinajstić information content (AvgIpc) is 2.63. The Hall–Kier alpha value is -2.88. The van der Waals surface area contributed by atoms with Gasteiger partial charge in [-0.25, -0.2) is 4.98 Å². The zero-order valence-electron chi connectivity index (χ0n) is 14.1. The van der Waals surface area contributed by atoms with Gasteiger partial charge in [0.25, 0.3) is 0 Å². The van der Waals surface area contributed by atoms with Crippen molar-refractivity contribution in [2.45, 2.75) is 20.4 Å². The van der Waals surface area contributed by atoms with Gasteiger partial charge in [-0.2, -0.15) is 4.98 Å². The smallest absolute Gasteiger partial charge is 0.224 e. The van der Waals surface area contributed by atoms with Crippen molar-refractivity contribution in [2.24, 2.45) is 0 Å². The molecule has 4 heteroatoms. The molecule has 4 nitrogen and oxygen atoms in total. The van der Waals surface area contributed by atoms with Crippen molar-refractivity contribution in [2.75, 3.05) is 16.8 Å². The third kappa shape index (κ3) is 3.71. The Balaban J connectivity index is 1.77. The zero-order valence-corrected chi connectivity index (χ0v) is 14.1. The van der Waals surface area contributed by atoms with E-state index >= 15 is 0 Å². The van der Waals surface area contributed by atoms with Gasteiger partial charge in [0.15, 0.2) is 0 Å². The van der Waals surface area contributed by atoms with Crippen LogP contribution in [0.1, 0.15) is 18.1 Å². The van der Waals surface area contributed by atoms with E-state index in [9.17, 15) is 0 Å². The first-order valence-electron chi connectivity index (χ1n) is 8.22. The van der Waals surface area contributed by atoms with Crippen LogP contribution in [-0.4, -0.2) is 16.5 Å². The van der Waals surface area contributed by atoms with Crippen LogP contribution in [-0.2, 0) is 6.54 Å².